The van der Waals surface area contributed by atoms with Crippen LogP contribution in [-0.4, -0.2) is 17.1 Å². The van der Waals surface area contributed by atoms with Gasteiger partial charge < -0.3 is 10.5 Å². The fourth-order valence-electron chi connectivity index (χ4n) is 2.18. The quantitative estimate of drug-likeness (QED) is 0.858. The second-order valence-corrected chi connectivity index (χ2v) is 4.77. The Morgan fingerprint density at radius 1 is 1.29 bits per heavy atom. The molecule has 0 radical (unpaired) electrons. The first kappa shape index (κ1) is 10.5. The molecule has 3 rings (SSSR count). The van der Waals surface area contributed by atoms with Crippen LogP contribution in [-0.2, 0) is 0 Å². The molecular formula is C14H16N2O. The molecule has 0 amide bonds. The summed E-state index contributed by atoms with van der Waals surface area (Å²) in [5.41, 5.74) is 7.82. The summed E-state index contributed by atoms with van der Waals surface area (Å²) in [6.45, 7) is 2.04. The first-order chi connectivity index (χ1) is 8.22. The normalized spacial score (nSPS) is 23.4. The van der Waals surface area contributed by atoms with Crippen molar-refractivity contribution in [1.29, 1.82) is 0 Å². The third-order valence-corrected chi connectivity index (χ3v) is 3.28. The number of nitrogens with zero attached hydrogens (tertiary/aromatic N) is 1. The molecule has 1 aromatic heterocycles. The van der Waals surface area contributed by atoms with Gasteiger partial charge in [0.25, 0.3) is 0 Å². The number of aromatic nitrogens is 1. The summed E-state index contributed by atoms with van der Waals surface area (Å²) in [6, 6.07) is 10.5. The smallest absolute Gasteiger partial charge is 0.217 e. The minimum Gasteiger partial charge on any atom is -0.474 e. The van der Waals surface area contributed by atoms with Gasteiger partial charge in [0.15, 0.2) is 0 Å². The van der Waals surface area contributed by atoms with Crippen molar-refractivity contribution in [1.82, 2.24) is 4.98 Å². The average molecular weight is 228 g/mol. The second kappa shape index (κ2) is 4.00. The van der Waals surface area contributed by atoms with E-state index in [9.17, 15) is 0 Å². The van der Waals surface area contributed by atoms with Gasteiger partial charge in [0.1, 0.15) is 6.10 Å². The molecule has 2 aromatic rings. The zero-order valence-electron chi connectivity index (χ0n) is 9.89. The predicted molar refractivity (Wildman–Crippen MR) is 68.1 cm³/mol. The summed E-state index contributed by atoms with van der Waals surface area (Å²) in [6.07, 6.45) is 2.12. The molecule has 1 aliphatic rings. The van der Waals surface area contributed by atoms with Crippen LogP contribution in [0.3, 0.4) is 0 Å². The van der Waals surface area contributed by atoms with Gasteiger partial charge in [-0.1, -0.05) is 18.2 Å². The zero-order valence-corrected chi connectivity index (χ0v) is 9.89. The van der Waals surface area contributed by atoms with Crippen molar-refractivity contribution < 1.29 is 4.74 Å². The molecule has 17 heavy (non-hydrogen) atoms. The van der Waals surface area contributed by atoms with Crippen molar-refractivity contribution in [3.05, 3.63) is 35.9 Å². The molecule has 0 spiro atoms. The van der Waals surface area contributed by atoms with Crippen molar-refractivity contribution in [3.8, 4) is 5.88 Å². The lowest BCUT2D eigenvalue weighted by Gasteiger charge is -2.32. The first-order valence-electron chi connectivity index (χ1n) is 6.01. The van der Waals surface area contributed by atoms with E-state index in [2.05, 4.69) is 17.1 Å². The maximum Gasteiger partial charge on any atom is 0.217 e. The highest BCUT2D eigenvalue weighted by Crippen LogP contribution is 2.27. The van der Waals surface area contributed by atoms with Crippen LogP contribution in [0.15, 0.2) is 30.3 Å². The molecule has 3 heteroatoms. The van der Waals surface area contributed by atoms with Gasteiger partial charge in [0.05, 0.1) is 5.52 Å². The van der Waals surface area contributed by atoms with Crippen molar-refractivity contribution in [3.63, 3.8) is 0 Å². The molecule has 1 saturated carbocycles. The summed E-state index contributed by atoms with van der Waals surface area (Å²) in [7, 11) is 0. The van der Waals surface area contributed by atoms with Gasteiger partial charge in [-0.05, 0) is 31.9 Å². The first-order valence-corrected chi connectivity index (χ1v) is 6.01. The van der Waals surface area contributed by atoms with Crippen LogP contribution in [0, 0.1) is 6.92 Å². The minimum atomic E-state index is 0.248. The van der Waals surface area contributed by atoms with Gasteiger partial charge in [-0.15, -0.1) is 0 Å². The number of rotatable bonds is 2. The summed E-state index contributed by atoms with van der Waals surface area (Å²) in [5.74, 6) is 0.751. The molecule has 3 nitrogen and oxygen atoms in total. The van der Waals surface area contributed by atoms with Crippen LogP contribution in [0.5, 0.6) is 5.88 Å². The molecule has 1 heterocycles. The highest BCUT2D eigenvalue weighted by molar-refractivity contribution is 5.79. The zero-order chi connectivity index (χ0) is 11.8. The van der Waals surface area contributed by atoms with Gasteiger partial charge in [-0.2, -0.15) is 0 Å². The Balaban J connectivity index is 1.90. The number of benzene rings is 1. The van der Waals surface area contributed by atoms with Crippen LogP contribution >= 0.6 is 0 Å². The van der Waals surface area contributed by atoms with Crippen molar-refractivity contribution in [2.75, 3.05) is 0 Å². The summed E-state index contributed by atoms with van der Waals surface area (Å²) in [4.78, 5) is 4.56. The number of aryl methyl sites for hydroxylation is 1. The van der Waals surface area contributed by atoms with E-state index in [0.717, 1.165) is 35.2 Å². The Hall–Kier alpha value is -1.61. The maximum atomic E-state index is 5.87. The van der Waals surface area contributed by atoms with Gasteiger partial charge in [0.2, 0.25) is 5.88 Å². The monoisotopic (exact) mass is 228 g/mol. The van der Waals surface area contributed by atoms with E-state index < -0.39 is 0 Å². The lowest BCUT2D eigenvalue weighted by molar-refractivity contribution is 0.0954. The molecule has 1 aromatic carbocycles. The molecule has 0 saturated heterocycles. The van der Waals surface area contributed by atoms with Gasteiger partial charge in [-0.25, -0.2) is 4.98 Å². The van der Waals surface area contributed by atoms with Crippen molar-refractivity contribution in [2.45, 2.75) is 31.9 Å². The van der Waals surface area contributed by atoms with Crippen LogP contribution in [0.25, 0.3) is 10.9 Å². The van der Waals surface area contributed by atoms with E-state index in [1.54, 1.807) is 0 Å². The fourth-order valence-corrected chi connectivity index (χ4v) is 2.18. The number of hydrogen-bond acceptors (Lipinski definition) is 3. The highest BCUT2D eigenvalue weighted by atomic mass is 16.5. The predicted octanol–water partition coefficient (Wildman–Crippen LogP) is 2.41. The Morgan fingerprint density at radius 3 is 2.82 bits per heavy atom. The number of fused-ring (bicyclic) bond motifs is 1. The average Bonchev–Trinajstić information content (AvgIpc) is 2.28. The second-order valence-electron chi connectivity index (χ2n) is 4.77. The Kier molecular flexibility index (Phi) is 2.48. The lowest BCUT2D eigenvalue weighted by Crippen LogP contribution is -2.43. The summed E-state index contributed by atoms with van der Waals surface area (Å²) < 4.78 is 5.87. The molecule has 2 N–H and O–H groups in total. The number of ether oxygens (including phenoxy) is 1. The van der Waals surface area contributed by atoms with E-state index >= 15 is 0 Å². The number of para-hydroxylation sites is 1. The third-order valence-electron chi connectivity index (χ3n) is 3.28. The SMILES string of the molecule is Cc1cc2ccccc2nc1OC1CC(N)C1. The molecule has 1 fully saturated rings. The molecular weight excluding hydrogens is 212 g/mol. The van der Waals surface area contributed by atoms with Crippen LogP contribution < -0.4 is 10.5 Å². The largest absolute Gasteiger partial charge is 0.474 e. The van der Waals surface area contributed by atoms with E-state index in [1.165, 1.54) is 0 Å². The molecule has 0 bridgehead atoms. The topological polar surface area (TPSA) is 48.1 Å². The summed E-state index contributed by atoms with van der Waals surface area (Å²) in [5, 5.41) is 1.16. The highest BCUT2D eigenvalue weighted by Gasteiger charge is 2.28. The van der Waals surface area contributed by atoms with E-state index in [-0.39, 0.29) is 6.10 Å². The third kappa shape index (κ3) is 1.98. The summed E-state index contributed by atoms with van der Waals surface area (Å²) >= 11 is 0. The van der Waals surface area contributed by atoms with Crippen molar-refractivity contribution >= 4 is 10.9 Å². The maximum absolute atomic E-state index is 5.87. The Labute approximate surface area is 101 Å². The molecule has 1 aliphatic carbocycles. The lowest BCUT2D eigenvalue weighted by atomic mass is 9.90. The van der Waals surface area contributed by atoms with Crippen LogP contribution in [0.1, 0.15) is 18.4 Å². The van der Waals surface area contributed by atoms with E-state index in [1.807, 2.05) is 25.1 Å². The Morgan fingerprint density at radius 2 is 2.06 bits per heavy atom. The van der Waals surface area contributed by atoms with Gasteiger partial charge in [-0.3, -0.25) is 0 Å². The van der Waals surface area contributed by atoms with Gasteiger partial charge in [0, 0.05) is 17.0 Å². The Bertz CT molecular complexity index is 547. The molecule has 0 atom stereocenters. The van der Waals surface area contributed by atoms with Gasteiger partial charge >= 0.3 is 0 Å². The van der Waals surface area contributed by atoms with E-state index in [4.69, 9.17) is 10.5 Å². The number of nitrogens with two attached hydrogens (primary N) is 1. The number of pyridine rings is 1. The standard InChI is InChI=1S/C14H16N2O/c1-9-6-10-4-2-3-5-13(10)16-14(9)17-12-7-11(15)8-12/h2-6,11-12H,7-8,15H2,1H3. The molecule has 0 unspecified atom stereocenters. The van der Waals surface area contributed by atoms with E-state index in [0.29, 0.717) is 6.04 Å². The number of hydrogen-bond donors (Lipinski definition) is 1. The van der Waals surface area contributed by atoms with Crippen molar-refractivity contribution in [2.24, 2.45) is 5.73 Å². The van der Waals surface area contributed by atoms with Crippen LogP contribution in [0.4, 0.5) is 0 Å². The molecule has 88 valence electrons. The molecule has 0 aliphatic heterocycles. The minimum absolute atomic E-state index is 0.248. The fraction of sp³-hybridized carbons (Fsp3) is 0.357. The van der Waals surface area contributed by atoms with Crippen LogP contribution in [0.2, 0.25) is 0 Å².